The number of rotatable bonds is 6. The van der Waals surface area contributed by atoms with Crippen molar-refractivity contribution in [1.29, 1.82) is 0 Å². The van der Waals surface area contributed by atoms with Gasteiger partial charge in [-0.05, 0) is 31.8 Å². The second-order valence-electron chi connectivity index (χ2n) is 5.14. The molecule has 1 saturated heterocycles. The van der Waals surface area contributed by atoms with E-state index in [1.807, 2.05) is 0 Å². The van der Waals surface area contributed by atoms with Crippen molar-refractivity contribution in [1.82, 2.24) is 20.6 Å². The van der Waals surface area contributed by atoms with Crippen molar-refractivity contribution in [3.8, 4) is 0 Å². The molecule has 0 saturated carbocycles. The SMILES string of the molecule is O=C(CC1CCNCC1)NC(Cc1cnc[nH]1)C(=O)O. The number of carbonyl (C=O) groups is 2. The maximum atomic E-state index is 11.9. The Hall–Kier alpha value is -1.89. The summed E-state index contributed by atoms with van der Waals surface area (Å²) in [5.74, 6) is -0.875. The Kier molecular flexibility index (Phi) is 5.11. The van der Waals surface area contributed by atoms with Gasteiger partial charge in [0, 0.05) is 24.7 Å². The number of aromatic nitrogens is 2. The normalized spacial score (nSPS) is 17.6. The molecule has 2 heterocycles. The van der Waals surface area contributed by atoms with Crippen LogP contribution in [0.4, 0.5) is 0 Å². The smallest absolute Gasteiger partial charge is 0.326 e. The van der Waals surface area contributed by atoms with Crippen LogP contribution >= 0.6 is 0 Å². The van der Waals surface area contributed by atoms with Gasteiger partial charge in [-0.25, -0.2) is 9.78 Å². The van der Waals surface area contributed by atoms with Crippen LogP contribution in [0.5, 0.6) is 0 Å². The highest BCUT2D eigenvalue weighted by Crippen LogP contribution is 2.15. The third-order valence-corrected chi connectivity index (χ3v) is 3.55. The summed E-state index contributed by atoms with van der Waals surface area (Å²) in [5.41, 5.74) is 0.694. The van der Waals surface area contributed by atoms with Gasteiger partial charge in [0.25, 0.3) is 0 Å². The lowest BCUT2D eigenvalue weighted by Gasteiger charge is -2.23. The van der Waals surface area contributed by atoms with E-state index in [9.17, 15) is 9.59 Å². The molecular formula is C13H20N4O3. The lowest BCUT2D eigenvalue weighted by molar-refractivity contribution is -0.142. The molecule has 0 aliphatic carbocycles. The molecule has 1 atom stereocenters. The molecule has 7 heteroatoms. The largest absolute Gasteiger partial charge is 0.480 e. The van der Waals surface area contributed by atoms with Crippen LogP contribution < -0.4 is 10.6 Å². The van der Waals surface area contributed by atoms with Crippen LogP contribution in [0.1, 0.15) is 25.0 Å². The summed E-state index contributed by atoms with van der Waals surface area (Å²) in [4.78, 5) is 29.8. The summed E-state index contributed by atoms with van der Waals surface area (Å²) in [6.07, 6.45) is 5.60. The Morgan fingerprint density at radius 3 is 2.80 bits per heavy atom. The van der Waals surface area contributed by atoms with Crippen molar-refractivity contribution >= 4 is 11.9 Å². The van der Waals surface area contributed by atoms with Gasteiger partial charge in [-0.1, -0.05) is 0 Å². The van der Waals surface area contributed by atoms with Crippen LogP contribution in [0.3, 0.4) is 0 Å². The molecule has 0 bridgehead atoms. The minimum Gasteiger partial charge on any atom is -0.480 e. The number of nitrogens with zero attached hydrogens (tertiary/aromatic N) is 1. The van der Waals surface area contributed by atoms with E-state index < -0.39 is 12.0 Å². The quantitative estimate of drug-likeness (QED) is 0.582. The predicted molar refractivity (Wildman–Crippen MR) is 72.1 cm³/mol. The Balaban J connectivity index is 1.83. The van der Waals surface area contributed by atoms with E-state index in [2.05, 4.69) is 20.6 Å². The third kappa shape index (κ3) is 4.34. The fraction of sp³-hybridized carbons (Fsp3) is 0.615. The average molecular weight is 280 g/mol. The monoisotopic (exact) mass is 280 g/mol. The number of imidazole rings is 1. The molecule has 0 radical (unpaired) electrons. The number of carbonyl (C=O) groups excluding carboxylic acids is 1. The number of amides is 1. The lowest BCUT2D eigenvalue weighted by atomic mass is 9.94. The topological polar surface area (TPSA) is 107 Å². The van der Waals surface area contributed by atoms with E-state index in [-0.39, 0.29) is 12.3 Å². The Bertz CT molecular complexity index is 440. The average Bonchev–Trinajstić information content (AvgIpc) is 2.92. The highest BCUT2D eigenvalue weighted by molar-refractivity contribution is 5.83. The van der Waals surface area contributed by atoms with Crippen molar-refractivity contribution in [2.45, 2.75) is 31.7 Å². The second kappa shape index (κ2) is 7.04. The molecule has 1 aromatic rings. The number of aromatic amines is 1. The first-order valence-corrected chi connectivity index (χ1v) is 6.85. The van der Waals surface area contributed by atoms with Gasteiger partial charge in [0.2, 0.25) is 5.91 Å². The molecular weight excluding hydrogens is 260 g/mol. The standard InChI is InChI=1S/C13H20N4O3/c18-12(5-9-1-3-14-4-2-9)17-11(13(19)20)6-10-7-15-8-16-10/h7-9,11,14H,1-6H2,(H,15,16)(H,17,18)(H,19,20). The van der Waals surface area contributed by atoms with Crippen molar-refractivity contribution in [3.05, 3.63) is 18.2 Å². The molecule has 7 nitrogen and oxygen atoms in total. The summed E-state index contributed by atoms with van der Waals surface area (Å²) in [5, 5.41) is 15.0. The highest BCUT2D eigenvalue weighted by Gasteiger charge is 2.23. The summed E-state index contributed by atoms with van der Waals surface area (Å²) < 4.78 is 0. The number of H-pyrrole nitrogens is 1. The first kappa shape index (κ1) is 14.5. The van der Waals surface area contributed by atoms with Crippen LogP contribution in [-0.4, -0.2) is 46.1 Å². The van der Waals surface area contributed by atoms with Gasteiger partial charge in [0.15, 0.2) is 0 Å². The molecule has 110 valence electrons. The highest BCUT2D eigenvalue weighted by atomic mass is 16.4. The lowest BCUT2D eigenvalue weighted by Crippen LogP contribution is -2.43. The number of hydrogen-bond acceptors (Lipinski definition) is 4. The van der Waals surface area contributed by atoms with Crippen LogP contribution in [0.2, 0.25) is 0 Å². The van der Waals surface area contributed by atoms with Gasteiger partial charge in [0.1, 0.15) is 6.04 Å². The van der Waals surface area contributed by atoms with Gasteiger partial charge < -0.3 is 20.7 Å². The zero-order chi connectivity index (χ0) is 14.4. The molecule has 1 aliphatic rings. The maximum Gasteiger partial charge on any atom is 0.326 e. The van der Waals surface area contributed by atoms with Crippen molar-refractivity contribution < 1.29 is 14.7 Å². The minimum absolute atomic E-state index is 0.191. The summed E-state index contributed by atoms with van der Waals surface area (Å²) in [6.45, 7) is 1.85. The third-order valence-electron chi connectivity index (χ3n) is 3.55. The van der Waals surface area contributed by atoms with Crippen LogP contribution in [0, 0.1) is 5.92 Å². The van der Waals surface area contributed by atoms with Gasteiger partial charge in [0.05, 0.1) is 6.33 Å². The summed E-state index contributed by atoms with van der Waals surface area (Å²) in [6, 6.07) is -0.912. The molecule has 1 aromatic heterocycles. The molecule has 1 unspecified atom stereocenters. The fourth-order valence-electron chi connectivity index (χ4n) is 2.42. The molecule has 1 amide bonds. The van der Waals surface area contributed by atoms with E-state index >= 15 is 0 Å². The van der Waals surface area contributed by atoms with Gasteiger partial charge in [-0.3, -0.25) is 4.79 Å². The zero-order valence-corrected chi connectivity index (χ0v) is 11.3. The summed E-state index contributed by atoms with van der Waals surface area (Å²) >= 11 is 0. The van der Waals surface area contributed by atoms with Crippen molar-refractivity contribution in [2.24, 2.45) is 5.92 Å². The van der Waals surface area contributed by atoms with Crippen molar-refractivity contribution in [3.63, 3.8) is 0 Å². The Morgan fingerprint density at radius 1 is 1.45 bits per heavy atom. The van der Waals surface area contributed by atoms with E-state index in [1.54, 1.807) is 6.20 Å². The van der Waals surface area contributed by atoms with Gasteiger partial charge in [-0.2, -0.15) is 0 Å². The van der Waals surface area contributed by atoms with Crippen LogP contribution in [-0.2, 0) is 16.0 Å². The molecule has 4 N–H and O–H groups in total. The first-order chi connectivity index (χ1) is 9.65. The minimum atomic E-state index is -1.03. The van der Waals surface area contributed by atoms with E-state index in [4.69, 9.17) is 5.11 Å². The van der Waals surface area contributed by atoms with E-state index in [0.29, 0.717) is 18.0 Å². The number of carboxylic acid groups (broad SMARTS) is 1. The number of aliphatic carboxylic acids is 1. The van der Waals surface area contributed by atoms with Crippen molar-refractivity contribution in [2.75, 3.05) is 13.1 Å². The second-order valence-corrected chi connectivity index (χ2v) is 5.14. The molecule has 1 fully saturated rings. The van der Waals surface area contributed by atoms with E-state index in [0.717, 1.165) is 25.9 Å². The van der Waals surface area contributed by atoms with Gasteiger partial charge >= 0.3 is 5.97 Å². The molecule has 0 spiro atoms. The summed E-state index contributed by atoms with van der Waals surface area (Å²) in [7, 11) is 0. The maximum absolute atomic E-state index is 11.9. The Labute approximate surface area is 117 Å². The number of carboxylic acids is 1. The van der Waals surface area contributed by atoms with E-state index in [1.165, 1.54) is 6.33 Å². The fourth-order valence-corrected chi connectivity index (χ4v) is 2.42. The van der Waals surface area contributed by atoms with Gasteiger partial charge in [-0.15, -0.1) is 0 Å². The zero-order valence-electron chi connectivity index (χ0n) is 11.3. The molecule has 20 heavy (non-hydrogen) atoms. The molecule has 0 aromatic carbocycles. The molecule has 1 aliphatic heterocycles. The predicted octanol–water partition coefficient (Wildman–Crippen LogP) is -0.0887. The number of hydrogen-bond donors (Lipinski definition) is 4. The first-order valence-electron chi connectivity index (χ1n) is 6.85. The number of nitrogens with one attached hydrogen (secondary N) is 3. The Morgan fingerprint density at radius 2 is 2.20 bits per heavy atom. The molecule has 2 rings (SSSR count). The van der Waals surface area contributed by atoms with Crippen LogP contribution in [0.15, 0.2) is 12.5 Å². The number of piperidine rings is 1. The van der Waals surface area contributed by atoms with Crippen LogP contribution in [0.25, 0.3) is 0 Å².